The molecule has 0 saturated carbocycles. The Bertz CT molecular complexity index is 2870. The average molecular weight is 647 g/mol. The van der Waals surface area contributed by atoms with Gasteiger partial charge in [0.05, 0.1) is 51.6 Å². The summed E-state index contributed by atoms with van der Waals surface area (Å²) >= 11 is 0. The standard InChI is InChI=1S/C47H26N4/c48-27-30-18-21-43(51-44-22-19-31(28-49)25-41(44)42-26-32(29-50)20-23-45(42)51)40(24-30)34-12-4-5-13-35(34)47-38-16-8-6-14-36(38)46(33-10-2-1-3-11-33)37-15-7-9-17-39(37)47/h1-26H. The summed E-state index contributed by atoms with van der Waals surface area (Å²) in [6.07, 6.45) is 0. The van der Waals surface area contributed by atoms with Crippen molar-refractivity contribution in [1.29, 1.82) is 15.8 Å². The number of nitriles is 3. The summed E-state index contributed by atoms with van der Waals surface area (Å²) in [4.78, 5) is 0. The van der Waals surface area contributed by atoms with Crippen LogP contribution >= 0.6 is 0 Å². The summed E-state index contributed by atoms with van der Waals surface area (Å²) < 4.78 is 2.19. The van der Waals surface area contributed by atoms with Gasteiger partial charge in [0.2, 0.25) is 0 Å². The van der Waals surface area contributed by atoms with Crippen LogP contribution in [-0.4, -0.2) is 4.57 Å². The van der Waals surface area contributed by atoms with Crippen molar-refractivity contribution < 1.29 is 0 Å². The van der Waals surface area contributed by atoms with Crippen LogP contribution in [0, 0.1) is 34.0 Å². The predicted octanol–water partition coefficient (Wildman–Crippen LogP) is 11.7. The predicted molar refractivity (Wildman–Crippen MR) is 206 cm³/mol. The number of hydrogen-bond donors (Lipinski definition) is 0. The van der Waals surface area contributed by atoms with Gasteiger partial charge in [0, 0.05) is 16.3 Å². The summed E-state index contributed by atoms with van der Waals surface area (Å²) in [5.74, 6) is 0. The number of fused-ring (bicyclic) bond motifs is 5. The average Bonchev–Trinajstić information content (AvgIpc) is 3.52. The molecule has 0 saturated heterocycles. The fourth-order valence-electron chi connectivity index (χ4n) is 7.71. The van der Waals surface area contributed by atoms with Crippen molar-refractivity contribution in [2.24, 2.45) is 0 Å². The molecular formula is C47H26N4. The molecule has 0 aliphatic rings. The number of nitrogens with zero attached hydrogens (tertiary/aromatic N) is 4. The van der Waals surface area contributed by atoms with Gasteiger partial charge in [0.1, 0.15) is 0 Å². The zero-order valence-corrected chi connectivity index (χ0v) is 27.3. The fraction of sp³-hybridized carbons (Fsp3) is 0. The molecule has 4 heteroatoms. The maximum atomic E-state index is 10.2. The van der Waals surface area contributed by atoms with E-state index in [0.29, 0.717) is 16.7 Å². The number of benzene rings is 8. The highest BCUT2D eigenvalue weighted by Crippen LogP contribution is 2.47. The van der Waals surface area contributed by atoms with E-state index in [1.165, 1.54) is 21.9 Å². The molecule has 234 valence electrons. The van der Waals surface area contributed by atoms with Crippen LogP contribution in [0.25, 0.3) is 82.4 Å². The van der Waals surface area contributed by atoms with E-state index >= 15 is 0 Å². The monoisotopic (exact) mass is 646 g/mol. The van der Waals surface area contributed by atoms with Gasteiger partial charge in [-0.15, -0.1) is 0 Å². The van der Waals surface area contributed by atoms with Gasteiger partial charge < -0.3 is 4.57 Å². The molecule has 1 heterocycles. The van der Waals surface area contributed by atoms with Crippen molar-refractivity contribution in [1.82, 2.24) is 4.57 Å². The summed E-state index contributed by atoms with van der Waals surface area (Å²) in [6.45, 7) is 0. The third-order valence-electron chi connectivity index (χ3n) is 9.87. The molecule has 1 aromatic heterocycles. The second-order valence-electron chi connectivity index (χ2n) is 12.6. The van der Waals surface area contributed by atoms with Crippen LogP contribution in [0.1, 0.15) is 16.7 Å². The Morgan fingerprint density at radius 3 is 1.35 bits per heavy atom. The molecule has 0 spiro atoms. The van der Waals surface area contributed by atoms with E-state index in [9.17, 15) is 15.8 Å². The maximum absolute atomic E-state index is 10.2. The molecule has 0 radical (unpaired) electrons. The lowest BCUT2D eigenvalue weighted by Crippen LogP contribution is -1.99. The van der Waals surface area contributed by atoms with Gasteiger partial charge in [-0.05, 0) is 104 Å². The first-order chi connectivity index (χ1) is 25.2. The maximum Gasteiger partial charge on any atom is 0.0991 e. The summed E-state index contributed by atoms with van der Waals surface area (Å²) in [7, 11) is 0. The van der Waals surface area contributed by atoms with E-state index in [1.54, 1.807) is 0 Å². The summed E-state index contributed by atoms with van der Waals surface area (Å²) in [5, 5.41) is 36.1. The first-order valence-corrected chi connectivity index (χ1v) is 16.7. The molecule has 0 bridgehead atoms. The topological polar surface area (TPSA) is 76.3 Å². The van der Waals surface area contributed by atoms with Crippen molar-refractivity contribution in [3.63, 3.8) is 0 Å². The second kappa shape index (κ2) is 11.9. The fourth-order valence-corrected chi connectivity index (χ4v) is 7.71. The first-order valence-electron chi connectivity index (χ1n) is 16.7. The first kappa shape index (κ1) is 29.7. The molecule has 4 nitrogen and oxygen atoms in total. The lowest BCUT2D eigenvalue weighted by atomic mass is 9.83. The summed E-state index contributed by atoms with van der Waals surface area (Å²) in [6, 6.07) is 60.4. The van der Waals surface area contributed by atoms with E-state index in [-0.39, 0.29) is 0 Å². The van der Waals surface area contributed by atoms with Gasteiger partial charge in [0.25, 0.3) is 0 Å². The quantitative estimate of drug-likeness (QED) is 0.179. The minimum absolute atomic E-state index is 0.548. The van der Waals surface area contributed by atoms with Crippen molar-refractivity contribution in [3.05, 3.63) is 174 Å². The molecule has 0 fully saturated rings. The molecule has 9 rings (SSSR count). The van der Waals surface area contributed by atoms with Gasteiger partial charge in [0.15, 0.2) is 0 Å². The van der Waals surface area contributed by atoms with Crippen molar-refractivity contribution in [2.45, 2.75) is 0 Å². The highest BCUT2D eigenvalue weighted by atomic mass is 15.0. The Labute approximate surface area is 294 Å². The summed E-state index contributed by atoms with van der Waals surface area (Å²) in [5.41, 5.74) is 10.8. The lowest BCUT2D eigenvalue weighted by Gasteiger charge is -2.21. The molecule has 9 aromatic rings. The molecule has 51 heavy (non-hydrogen) atoms. The van der Waals surface area contributed by atoms with Gasteiger partial charge in [-0.3, -0.25) is 0 Å². The molecule has 0 amide bonds. The highest BCUT2D eigenvalue weighted by Gasteiger charge is 2.22. The van der Waals surface area contributed by atoms with Gasteiger partial charge in [-0.25, -0.2) is 0 Å². The molecular weight excluding hydrogens is 621 g/mol. The van der Waals surface area contributed by atoms with Crippen LogP contribution in [0.5, 0.6) is 0 Å². The Hall–Kier alpha value is -7.45. The molecule has 8 aromatic carbocycles. The third kappa shape index (κ3) is 4.66. The minimum Gasteiger partial charge on any atom is -0.309 e. The van der Waals surface area contributed by atoms with Crippen LogP contribution in [0.15, 0.2) is 158 Å². The van der Waals surface area contributed by atoms with Crippen molar-refractivity contribution in [3.8, 4) is 57.3 Å². The largest absolute Gasteiger partial charge is 0.309 e. The molecule has 0 aliphatic heterocycles. The van der Waals surface area contributed by atoms with Crippen LogP contribution in [0.2, 0.25) is 0 Å². The lowest BCUT2D eigenvalue weighted by molar-refractivity contribution is 1.18. The van der Waals surface area contributed by atoms with Gasteiger partial charge in [-0.2, -0.15) is 15.8 Å². The molecule has 0 N–H and O–H groups in total. The Kier molecular flexibility index (Phi) is 6.93. The van der Waals surface area contributed by atoms with E-state index in [0.717, 1.165) is 60.5 Å². The number of aromatic nitrogens is 1. The Balaban J connectivity index is 1.39. The van der Waals surface area contributed by atoms with E-state index < -0.39 is 0 Å². The van der Waals surface area contributed by atoms with Crippen molar-refractivity contribution in [2.75, 3.05) is 0 Å². The Morgan fingerprint density at radius 2 is 0.804 bits per heavy atom. The Morgan fingerprint density at radius 1 is 0.353 bits per heavy atom. The van der Waals surface area contributed by atoms with Crippen LogP contribution in [0.4, 0.5) is 0 Å². The van der Waals surface area contributed by atoms with Crippen LogP contribution < -0.4 is 0 Å². The zero-order chi connectivity index (χ0) is 34.5. The SMILES string of the molecule is N#Cc1ccc(-n2c3ccc(C#N)cc3c3cc(C#N)ccc32)c(-c2ccccc2-c2c3ccccc3c(-c3ccccc3)c3ccccc23)c1. The van der Waals surface area contributed by atoms with Crippen LogP contribution in [0.3, 0.4) is 0 Å². The minimum atomic E-state index is 0.548. The normalized spacial score (nSPS) is 11.1. The number of hydrogen-bond acceptors (Lipinski definition) is 3. The van der Waals surface area contributed by atoms with E-state index in [1.807, 2.05) is 60.7 Å². The molecule has 0 atom stereocenters. The highest BCUT2D eigenvalue weighted by molar-refractivity contribution is 6.22. The zero-order valence-electron chi connectivity index (χ0n) is 27.3. The second-order valence-corrected chi connectivity index (χ2v) is 12.6. The number of rotatable bonds is 4. The smallest absolute Gasteiger partial charge is 0.0991 e. The van der Waals surface area contributed by atoms with Crippen molar-refractivity contribution >= 4 is 43.4 Å². The van der Waals surface area contributed by atoms with Crippen LogP contribution in [-0.2, 0) is 0 Å². The van der Waals surface area contributed by atoms with Gasteiger partial charge in [-0.1, -0.05) is 103 Å². The molecule has 0 aliphatic carbocycles. The van der Waals surface area contributed by atoms with Gasteiger partial charge >= 0.3 is 0 Å². The van der Waals surface area contributed by atoms with E-state index in [4.69, 9.17) is 0 Å². The van der Waals surface area contributed by atoms with E-state index in [2.05, 4.69) is 120 Å². The molecule has 0 unspecified atom stereocenters. The third-order valence-corrected chi connectivity index (χ3v) is 9.87.